The van der Waals surface area contributed by atoms with E-state index in [2.05, 4.69) is 20.6 Å². The van der Waals surface area contributed by atoms with Crippen molar-refractivity contribution >= 4 is 49.5 Å². The van der Waals surface area contributed by atoms with Gasteiger partial charge in [-0.3, -0.25) is 0 Å². The zero-order valence-electron chi connectivity index (χ0n) is 19.1. The number of ether oxygens (including phenoxy) is 1. The molecule has 6 rings (SSSR count). The number of hydrogen-bond acceptors (Lipinski definition) is 7. The Balaban J connectivity index is 1.43. The average Bonchev–Trinajstić information content (AvgIpc) is 3.36. The summed E-state index contributed by atoms with van der Waals surface area (Å²) in [6, 6.07) is 30.1. The van der Waals surface area contributed by atoms with Gasteiger partial charge < -0.3 is 10.1 Å². The third-order valence-electron chi connectivity index (χ3n) is 5.68. The molecule has 0 aliphatic carbocycles. The van der Waals surface area contributed by atoms with Crippen LogP contribution in [0.4, 0.5) is 11.5 Å². The van der Waals surface area contributed by atoms with Gasteiger partial charge in [0.2, 0.25) is 14.9 Å². The van der Waals surface area contributed by atoms with Gasteiger partial charge in [-0.1, -0.05) is 53.2 Å². The van der Waals surface area contributed by atoms with Crippen LogP contribution in [-0.2, 0) is 9.84 Å². The SMILES string of the molecule is O=S(=O)(c1ccccc1)c1nnn2c1nc(Nc1ccc(Oc3ccccc3)cc1)c1cc(Cl)ccc12. The molecule has 4 aromatic carbocycles. The summed E-state index contributed by atoms with van der Waals surface area (Å²) in [5, 5.41) is 12.3. The lowest BCUT2D eigenvalue weighted by Crippen LogP contribution is -2.05. The normalized spacial score (nSPS) is 11.6. The third kappa shape index (κ3) is 4.35. The van der Waals surface area contributed by atoms with Crippen molar-refractivity contribution in [2.24, 2.45) is 0 Å². The van der Waals surface area contributed by atoms with E-state index in [9.17, 15) is 8.42 Å². The van der Waals surface area contributed by atoms with Crippen molar-refractivity contribution < 1.29 is 13.2 Å². The largest absolute Gasteiger partial charge is 0.457 e. The topological polar surface area (TPSA) is 98.5 Å². The van der Waals surface area contributed by atoms with Crippen molar-refractivity contribution in [3.8, 4) is 11.5 Å². The van der Waals surface area contributed by atoms with Crippen LogP contribution >= 0.6 is 11.6 Å². The molecule has 2 aromatic heterocycles. The van der Waals surface area contributed by atoms with Crippen molar-refractivity contribution in [3.05, 3.63) is 108 Å². The van der Waals surface area contributed by atoms with Gasteiger partial charge in [0.15, 0.2) is 5.65 Å². The second kappa shape index (κ2) is 9.20. The second-order valence-electron chi connectivity index (χ2n) is 8.13. The van der Waals surface area contributed by atoms with Gasteiger partial charge >= 0.3 is 0 Å². The Labute approximate surface area is 217 Å². The molecule has 0 aliphatic heterocycles. The highest BCUT2D eigenvalue weighted by molar-refractivity contribution is 7.91. The molecule has 0 saturated heterocycles. The van der Waals surface area contributed by atoms with Gasteiger partial charge in [0, 0.05) is 16.1 Å². The summed E-state index contributed by atoms with van der Waals surface area (Å²) in [4.78, 5) is 4.75. The number of nitrogens with zero attached hydrogens (tertiary/aromatic N) is 4. The van der Waals surface area contributed by atoms with Gasteiger partial charge in [-0.2, -0.15) is 4.52 Å². The quantitative estimate of drug-likeness (QED) is 0.271. The van der Waals surface area contributed by atoms with E-state index in [1.807, 2.05) is 54.6 Å². The standard InChI is InChI=1S/C27H18ClN5O3S/c28-18-11-16-24-23(17-18)25(29-19-12-14-21(15-13-19)36-20-7-3-1-4-8-20)30-26-27(31-32-33(24)26)37(34,35)22-9-5-2-6-10-22/h1-17H,(H,29,30). The van der Waals surface area contributed by atoms with Crippen LogP contribution in [0.1, 0.15) is 0 Å². The Morgan fingerprint density at radius 3 is 2.22 bits per heavy atom. The van der Waals surface area contributed by atoms with Crippen LogP contribution in [0.3, 0.4) is 0 Å². The molecule has 2 heterocycles. The molecule has 6 aromatic rings. The molecule has 0 unspecified atom stereocenters. The lowest BCUT2D eigenvalue weighted by Gasteiger charge is -2.12. The van der Waals surface area contributed by atoms with Gasteiger partial charge in [0.1, 0.15) is 17.3 Å². The van der Waals surface area contributed by atoms with Gasteiger partial charge in [0.25, 0.3) is 0 Å². The molecular formula is C27H18ClN5O3S. The maximum Gasteiger partial charge on any atom is 0.229 e. The Hall–Kier alpha value is -4.47. The van der Waals surface area contributed by atoms with E-state index in [4.69, 9.17) is 16.3 Å². The molecule has 0 radical (unpaired) electrons. The number of nitrogens with one attached hydrogen (secondary N) is 1. The van der Waals surface area contributed by atoms with E-state index in [0.29, 0.717) is 27.5 Å². The number of rotatable bonds is 6. The average molecular weight is 528 g/mol. The Kier molecular flexibility index (Phi) is 5.71. The predicted molar refractivity (Wildman–Crippen MR) is 141 cm³/mol. The first-order valence-electron chi connectivity index (χ1n) is 11.2. The summed E-state index contributed by atoms with van der Waals surface area (Å²) in [5.74, 6) is 1.81. The minimum Gasteiger partial charge on any atom is -0.457 e. The van der Waals surface area contributed by atoms with E-state index in [1.54, 1.807) is 36.4 Å². The second-order valence-corrected chi connectivity index (χ2v) is 10.4. The van der Waals surface area contributed by atoms with Crippen LogP contribution < -0.4 is 10.1 Å². The van der Waals surface area contributed by atoms with Crippen molar-refractivity contribution in [1.82, 2.24) is 19.8 Å². The van der Waals surface area contributed by atoms with Crippen LogP contribution in [0.15, 0.2) is 113 Å². The zero-order chi connectivity index (χ0) is 25.4. The highest BCUT2D eigenvalue weighted by Crippen LogP contribution is 2.32. The molecule has 0 atom stereocenters. The number of benzene rings is 4. The lowest BCUT2D eigenvalue weighted by molar-refractivity contribution is 0.483. The molecule has 0 bridgehead atoms. The van der Waals surface area contributed by atoms with E-state index >= 15 is 0 Å². The van der Waals surface area contributed by atoms with Crippen molar-refractivity contribution in [3.63, 3.8) is 0 Å². The van der Waals surface area contributed by atoms with Gasteiger partial charge in [-0.25, -0.2) is 13.4 Å². The fourth-order valence-electron chi connectivity index (χ4n) is 3.92. The summed E-state index contributed by atoms with van der Waals surface area (Å²) >= 11 is 6.29. The molecule has 1 N–H and O–H groups in total. The molecular weight excluding hydrogens is 510 g/mol. The maximum atomic E-state index is 13.3. The molecule has 182 valence electrons. The third-order valence-corrected chi connectivity index (χ3v) is 7.58. The molecule has 0 saturated carbocycles. The number of halogens is 1. The number of anilines is 2. The van der Waals surface area contributed by atoms with Gasteiger partial charge in [0.05, 0.1) is 10.4 Å². The van der Waals surface area contributed by atoms with E-state index in [0.717, 1.165) is 11.4 Å². The number of sulfone groups is 1. The smallest absolute Gasteiger partial charge is 0.229 e. The van der Waals surface area contributed by atoms with Crippen LogP contribution in [0, 0.1) is 0 Å². The molecule has 10 heteroatoms. The van der Waals surface area contributed by atoms with Gasteiger partial charge in [-0.15, -0.1) is 5.10 Å². The highest BCUT2D eigenvalue weighted by Gasteiger charge is 2.27. The molecule has 0 spiro atoms. The first-order chi connectivity index (χ1) is 18.0. The van der Waals surface area contributed by atoms with E-state index in [1.165, 1.54) is 16.6 Å². The van der Waals surface area contributed by atoms with Gasteiger partial charge in [-0.05, 0) is 66.7 Å². The minimum atomic E-state index is -3.95. The predicted octanol–water partition coefficient (Wildman–Crippen LogP) is 6.30. The van der Waals surface area contributed by atoms with Crippen molar-refractivity contribution in [2.45, 2.75) is 9.92 Å². The van der Waals surface area contributed by atoms with E-state index in [-0.39, 0.29) is 15.6 Å². The number of hydrogen-bond donors (Lipinski definition) is 1. The maximum absolute atomic E-state index is 13.3. The van der Waals surface area contributed by atoms with Crippen molar-refractivity contribution in [1.29, 1.82) is 0 Å². The Bertz CT molecular complexity index is 1840. The summed E-state index contributed by atoms with van der Waals surface area (Å²) in [6.07, 6.45) is 0. The number of fused-ring (bicyclic) bond motifs is 3. The van der Waals surface area contributed by atoms with Crippen LogP contribution in [0.2, 0.25) is 5.02 Å². The zero-order valence-corrected chi connectivity index (χ0v) is 20.7. The van der Waals surface area contributed by atoms with Crippen LogP contribution in [-0.4, -0.2) is 28.2 Å². The summed E-state index contributed by atoms with van der Waals surface area (Å²) in [5.41, 5.74) is 1.42. The van der Waals surface area contributed by atoms with Crippen LogP contribution in [0.5, 0.6) is 11.5 Å². The number of para-hydroxylation sites is 1. The Morgan fingerprint density at radius 2 is 1.49 bits per heavy atom. The highest BCUT2D eigenvalue weighted by atomic mass is 35.5. The van der Waals surface area contributed by atoms with Crippen LogP contribution in [0.25, 0.3) is 16.6 Å². The molecule has 37 heavy (non-hydrogen) atoms. The molecule has 8 nitrogen and oxygen atoms in total. The fraction of sp³-hybridized carbons (Fsp3) is 0. The lowest BCUT2D eigenvalue weighted by atomic mass is 10.2. The molecule has 0 amide bonds. The van der Waals surface area contributed by atoms with Crippen molar-refractivity contribution in [2.75, 3.05) is 5.32 Å². The minimum absolute atomic E-state index is 0.102. The summed E-state index contributed by atoms with van der Waals surface area (Å²) < 4.78 is 34.0. The Morgan fingerprint density at radius 1 is 0.811 bits per heavy atom. The summed E-state index contributed by atoms with van der Waals surface area (Å²) in [7, 11) is -3.95. The molecule has 0 fully saturated rings. The first-order valence-corrected chi connectivity index (χ1v) is 13.1. The van der Waals surface area contributed by atoms with E-state index < -0.39 is 9.84 Å². The summed E-state index contributed by atoms with van der Waals surface area (Å²) in [6.45, 7) is 0. The first kappa shape index (κ1) is 23.0. The monoisotopic (exact) mass is 527 g/mol. The fourth-order valence-corrected chi connectivity index (χ4v) is 5.34. The number of aromatic nitrogens is 4. The molecule has 0 aliphatic rings.